The van der Waals surface area contributed by atoms with Crippen LogP contribution in [0.3, 0.4) is 0 Å². The van der Waals surface area contributed by atoms with Gasteiger partial charge in [0.2, 0.25) is 0 Å². The Morgan fingerprint density at radius 2 is 2.18 bits per heavy atom. The molecule has 0 radical (unpaired) electrons. The summed E-state index contributed by atoms with van der Waals surface area (Å²) >= 11 is 13.3. The van der Waals surface area contributed by atoms with Crippen LogP contribution >= 0.6 is 34.5 Å². The lowest BCUT2D eigenvalue weighted by molar-refractivity contribution is -0.135. The monoisotopic (exact) mass is 353 g/mol. The van der Waals surface area contributed by atoms with Crippen molar-refractivity contribution in [1.82, 2.24) is 4.98 Å². The Kier molecular flexibility index (Phi) is 5.39. The fourth-order valence-corrected chi connectivity index (χ4v) is 2.81. The first-order valence-corrected chi connectivity index (χ1v) is 7.50. The molecule has 1 heterocycles. The van der Waals surface area contributed by atoms with Gasteiger partial charge in [-0.15, -0.1) is 0 Å². The minimum atomic E-state index is -0.729. The van der Waals surface area contributed by atoms with Gasteiger partial charge in [0.1, 0.15) is 16.8 Å². The summed E-state index contributed by atoms with van der Waals surface area (Å²) in [5, 5.41) is 13.2. The summed E-state index contributed by atoms with van der Waals surface area (Å²) in [5.41, 5.74) is 0.524. The maximum Gasteiger partial charge on any atom is 0.348 e. The number of aromatic nitrogens is 1. The molecule has 5 nitrogen and oxygen atoms in total. The highest BCUT2D eigenvalue weighted by Crippen LogP contribution is 2.32. The molecule has 2 rings (SSSR count). The summed E-state index contributed by atoms with van der Waals surface area (Å²) in [6.45, 7) is 0. The lowest BCUT2D eigenvalue weighted by atomic mass is 10.2. The summed E-state index contributed by atoms with van der Waals surface area (Å²) in [7, 11) is 1.20. The molecule has 0 unspecified atom stereocenters. The fourth-order valence-electron chi connectivity index (χ4n) is 1.51. The van der Waals surface area contributed by atoms with E-state index in [2.05, 4.69) is 15.0 Å². The fraction of sp³-hybridized carbons (Fsp3) is 0.0714. The molecule has 0 atom stereocenters. The third kappa shape index (κ3) is 3.77. The molecule has 22 heavy (non-hydrogen) atoms. The summed E-state index contributed by atoms with van der Waals surface area (Å²) in [5.74, 6) is -0.729. The molecule has 1 aromatic carbocycles. The van der Waals surface area contributed by atoms with E-state index in [1.807, 2.05) is 12.1 Å². The van der Waals surface area contributed by atoms with Crippen LogP contribution in [-0.4, -0.2) is 18.1 Å². The van der Waals surface area contributed by atoms with Gasteiger partial charge in [-0.3, -0.25) is 0 Å². The van der Waals surface area contributed by atoms with E-state index in [0.717, 1.165) is 0 Å². The van der Waals surface area contributed by atoms with Crippen molar-refractivity contribution in [3.8, 4) is 6.07 Å². The molecule has 0 saturated heterocycles. The molecule has 1 aromatic heterocycles. The standard InChI is InChI=1S/C14H9Cl2N3O2S/c1-21-13(20)8(7-17)6-11-12(16)19-14(22-11)18-10-5-3-2-4-9(10)15/h2-6H,1H3,(H,18,19)/b8-6+. The Morgan fingerprint density at radius 3 is 2.82 bits per heavy atom. The summed E-state index contributed by atoms with van der Waals surface area (Å²) in [6, 6.07) is 8.94. The number of carbonyl (C=O) groups is 1. The minimum Gasteiger partial charge on any atom is -0.465 e. The van der Waals surface area contributed by atoms with Crippen molar-refractivity contribution in [2.24, 2.45) is 0 Å². The quantitative estimate of drug-likeness (QED) is 0.504. The van der Waals surface area contributed by atoms with E-state index < -0.39 is 5.97 Å². The second-order valence-electron chi connectivity index (χ2n) is 3.94. The second-order valence-corrected chi connectivity index (χ2v) is 5.74. The van der Waals surface area contributed by atoms with Crippen LogP contribution in [0.25, 0.3) is 6.08 Å². The number of rotatable bonds is 4. The maximum absolute atomic E-state index is 11.4. The van der Waals surface area contributed by atoms with E-state index in [1.165, 1.54) is 24.5 Å². The van der Waals surface area contributed by atoms with E-state index in [1.54, 1.807) is 18.2 Å². The number of nitriles is 1. The molecule has 0 saturated carbocycles. The maximum atomic E-state index is 11.4. The average molecular weight is 354 g/mol. The first-order valence-electron chi connectivity index (χ1n) is 5.93. The van der Waals surface area contributed by atoms with E-state index in [-0.39, 0.29) is 10.7 Å². The summed E-state index contributed by atoms with van der Waals surface area (Å²) in [6.07, 6.45) is 1.34. The minimum absolute atomic E-state index is 0.155. The molecule has 0 fully saturated rings. The molecule has 1 N–H and O–H groups in total. The lowest BCUT2D eigenvalue weighted by Crippen LogP contribution is -2.02. The van der Waals surface area contributed by atoms with Crippen LogP contribution in [0, 0.1) is 11.3 Å². The predicted octanol–water partition coefficient (Wildman–Crippen LogP) is 4.27. The normalized spacial score (nSPS) is 10.9. The van der Waals surface area contributed by atoms with Gasteiger partial charge in [-0.2, -0.15) is 5.26 Å². The van der Waals surface area contributed by atoms with Crippen LogP contribution in [0.15, 0.2) is 29.8 Å². The van der Waals surface area contributed by atoms with Crippen molar-refractivity contribution in [1.29, 1.82) is 5.26 Å². The SMILES string of the molecule is COC(=O)/C(C#N)=C/c1sc(Nc2ccccc2Cl)nc1Cl. The Morgan fingerprint density at radius 1 is 1.45 bits per heavy atom. The third-order valence-electron chi connectivity index (χ3n) is 2.53. The number of methoxy groups -OCH3 is 1. The van der Waals surface area contributed by atoms with Crippen LogP contribution in [0.4, 0.5) is 10.8 Å². The Labute approximate surface area is 140 Å². The van der Waals surface area contributed by atoms with Crippen molar-refractivity contribution in [3.63, 3.8) is 0 Å². The molecule has 2 aromatic rings. The van der Waals surface area contributed by atoms with Gasteiger partial charge in [0.05, 0.1) is 22.7 Å². The molecular formula is C14H9Cl2N3O2S. The zero-order chi connectivity index (χ0) is 16.1. The highest BCUT2D eigenvalue weighted by Gasteiger charge is 2.14. The topological polar surface area (TPSA) is 75.0 Å². The number of thiazole rings is 1. The van der Waals surface area contributed by atoms with Gasteiger partial charge in [-0.1, -0.05) is 46.7 Å². The predicted molar refractivity (Wildman–Crippen MR) is 87.5 cm³/mol. The smallest absolute Gasteiger partial charge is 0.348 e. The number of nitrogens with one attached hydrogen (secondary N) is 1. The number of halogens is 2. The zero-order valence-corrected chi connectivity index (χ0v) is 13.6. The first-order chi connectivity index (χ1) is 10.5. The molecule has 0 aliphatic carbocycles. The highest BCUT2D eigenvalue weighted by atomic mass is 35.5. The van der Waals surface area contributed by atoms with Gasteiger partial charge < -0.3 is 10.1 Å². The van der Waals surface area contributed by atoms with Crippen molar-refractivity contribution < 1.29 is 9.53 Å². The van der Waals surface area contributed by atoms with Gasteiger partial charge in [0.15, 0.2) is 5.13 Å². The number of para-hydroxylation sites is 1. The molecule has 8 heteroatoms. The van der Waals surface area contributed by atoms with E-state index in [9.17, 15) is 4.79 Å². The molecule has 112 valence electrons. The van der Waals surface area contributed by atoms with Crippen molar-refractivity contribution in [3.05, 3.63) is 44.9 Å². The number of esters is 1. The largest absolute Gasteiger partial charge is 0.465 e. The average Bonchev–Trinajstić information content (AvgIpc) is 2.86. The number of hydrogen-bond acceptors (Lipinski definition) is 6. The zero-order valence-electron chi connectivity index (χ0n) is 11.3. The Bertz CT molecular complexity index is 781. The third-order valence-corrected chi connectivity index (χ3v) is 4.17. The van der Waals surface area contributed by atoms with Crippen LogP contribution in [0.1, 0.15) is 4.88 Å². The van der Waals surface area contributed by atoms with E-state index >= 15 is 0 Å². The van der Waals surface area contributed by atoms with Crippen molar-refractivity contribution >= 4 is 57.4 Å². The van der Waals surface area contributed by atoms with Crippen molar-refractivity contribution in [2.45, 2.75) is 0 Å². The van der Waals surface area contributed by atoms with Crippen LogP contribution in [0.2, 0.25) is 10.2 Å². The number of carbonyl (C=O) groups excluding carboxylic acids is 1. The number of hydrogen-bond donors (Lipinski definition) is 1. The van der Waals surface area contributed by atoms with Gasteiger partial charge in [0, 0.05) is 0 Å². The van der Waals surface area contributed by atoms with Crippen LogP contribution in [0.5, 0.6) is 0 Å². The van der Waals surface area contributed by atoms with Crippen molar-refractivity contribution in [2.75, 3.05) is 12.4 Å². The van der Waals surface area contributed by atoms with Gasteiger partial charge in [-0.25, -0.2) is 9.78 Å². The number of anilines is 2. The Hall–Kier alpha value is -2.07. The van der Waals surface area contributed by atoms with Gasteiger partial charge >= 0.3 is 5.97 Å². The molecule has 0 bridgehead atoms. The summed E-state index contributed by atoms with van der Waals surface area (Å²) < 4.78 is 4.51. The van der Waals surface area contributed by atoms with E-state index in [4.69, 9.17) is 28.5 Å². The molecular weight excluding hydrogens is 345 g/mol. The van der Waals surface area contributed by atoms with Crippen LogP contribution in [-0.2, 0) is 9.53 Å². The number of nitrogens with zero attached hydrogens (tertiary/aromatic N) is 2. The van der Waals surface area contributed by atoms with Crippen LogP contribution < -0.4 is 5.32 Å². The first kappa shape index (κ1) is 16.3. The molecule has 0 aliphatic rings. The molecule has 0 spiro atoms. The van der Waals surface area contributed by atoms with Gasteiger partial charge in [-0.05, 0) is 18.2 Å². The number of benzene rings is 1. The van der Waals surface area contributed by atoms with Gasteiger partial charge in [0.25, 0.3) is 0 Å². The summed E-state index contributed by atoms with van der Waals surface area (Å²) in [4.78, 5) is 16.0. The Balaban J connectivity index is 2.29. The van der Waals surface area contributed by atoms with E-state index in [0.29, 0.717) is 20.7 Å². The highest BCUT2D eigenvalue weighted by molar-refractivity contribution is 7.17. The lowest BCUT2D eigenvalue weighted by Gasteiger charge is -2.03. The number of ether oxygens (including phenoxy) is 1. The molecule has 0 amide bonds. The second kappa shape index (κ2) is 7.27. The molecule has 0 aliphatic heterocycles.